The third kappa shape index (κ3) is 4.18. The molecule has 0 bridgehead atoms. The van der Waals surface area contributed by atoms with E-state index >= 15 is 0 Å². The molecule has 2 atom stereocenters. The lowest BCUT2D eigenvalue weighted by molar-refractivity contribution is -0.127. The molecule has 5 heteroatoms. The third-order valence-electron chi connectivity index (χ3n) is 4.80. The summed E-state index contributed by atoms with van der Waals surface area (Å²) in [6.07, 6.45) is 6.47. The van der Waals surface area contributed by atoms with Crippen LogP contribution in [0.5, 0.6) is 0 Å². The number of primary amides is 1. The summed E-state index contributed by atoms with van der Waals surface area (Å²) in [4.78, 5) is 14.7. The van der Waals surface area contributed by atoms with E-state index in [1.807, 2.05) is 0 Å². The Morgan fingerprint density at radius 3 is 2.62 bits per heavy atom. The van der Waals surface area contributed by atoms with E-state index in [0.29, 0.717) is 12.1 Å². The van der Waals surface area contributed by atoms with Gasteiger partial charge in [-0.2, -0.15) is 0 Å². The highest BCUT2D eigenvalue weighted by Crippen LogP contribution is 2.37. The molecule has 0 aromatic heterocycles. The second-order valence-electron chi connectivity index (χ2n) is 6.96. The molecule has 2 fully saturated rings. The number of hydrogen-bond donors (Lipinski definition) is 2. The zero-order valence-electron chi connectivity index (χ0n) is 13.7. The lowest BCUT2D eigenvalue weighted by atomic mass is 9.77. The minimum Gasteiger partial charge on any atom is -0.383 e. The average molecular weight is 297 g/mol. The van der Waals surface area contributed by atoms with Crippen LogP contribution in [0.3, 0.4) is 0 Å². The highest BCUT2D eigenvalue weighted by molar-refractivity contribution is 5.85. The minimum atomic E-state index is -0.530. The van der Waals surface area contributed by atoms with Crippen molar-refractivity contribution < 1.29 is 9.53 Å². The van der Waals surface area contributed by atoms with Crippen LogP contribution in [0, 0.1) is 0 Å². The number of hydrogen-bond acceptors (Lipinski definition) is 4. The van der Waals surface area contributed by atoms with Crippen molar-refractivity contribution in [1.82, 2.24) is 10.2 Å². The topological polar surface area (TPSA) is 67.6 Å². The first-order chi connectivity index (χ1) is 9.98. The van der Waals surface area contributed by atoms with Gasteiger partial charge in [0.15, 0.2) is 0 Å². The van der Waals surface area contributed by atoms with Gasteiger partial charge in [-0.25, -0.2) is 0 Å². The lowest BCUT2D eigenvalue weighted by Gasteiger charge is -2.44. The van der Waals surface area contributed by atoms with E-state index in [4.69, 9.17) is 10.5 Å². The van der Waals surface area contributed by atoms with Crippen molar-refractivity contribution in [3.8, 4) is 0 Å². The number of amides is 1. The van der Waals surface area contributed by atoms with E-state index in [2.05, 4.69) is 24.1 Å². The molecule has 2 aliphatic rings. The van der Waals surface area contributed by atoms with Crippen LogP contribution in [0.4, 0.5) is 0 Å². The van der Waals surface area contributed by atoms with Crippen LogP contribution >= 0.6 is 0 Å². The van der Waals surface area contributed by atoms with Crippen LogP contribution in [0.1, 0.15) is 52.4 Å². The van der Waals surface area contributed by atoms with Gasteiger partial charge in [0.05, 0.1) is 12.1 Å². The Kier molecular flexibility index (Phi) is 5.63. The van der Waals surface area contributed by atoms with Crippen LogP contribution in [-0.2, 0) is 9.53 Å². The predicted molar refractivity (Wildman–Crippen MR) is 84.1 cm³/mol. The summed E-state index contributed by atoms with van der Waals surface area (Å²) in [5.41, 5.74) is 5.23. The summed E-state index contributed by atoms with van der Waals surface area (Å²) in [7, 11) is 1.75. The number of nitrogens with zero attached hydrogens (tertiary/aromatic N) is 1. The van der Waals surface area contributed by atoms with Gasteiger partial charge in [0.2, 0.25) is 5.91 Å². The number of ether oxygens (including phenoxy) is 1. The van der Waals surface area contributed by atoms with Gasteiger partial charge in [0, 0.05) is 31.8 Å². The molecule has 0 aromatic carbocycles. The van der Waals surface area contributed by atoms with Crippen molar-refractivity contribution in [2.75, 3.05) is 20.3 Å². The molecule has 0 saturated heterocycles. The molecule has 2 saturated carbocycles. The fourth-order valence-corrected chi connectivity index (χ4v) is 3.77. The Balaban J connectivity index is 2.07. The largest absolute Gasteiger partial charge is 0.383 e. The fraction of sp³-hybridized carbons (Fsp3) is 0.938. The van der Waals surface area contributed by atoms with Gasteiger partial charge in [-0.1, -0.05) is 0 Å². The van der Waals surface area contributed by atoms with E-state index in [9.17, 15) is 4.79 Å². The van der Waals surface area contributed by atoms with Gasteiger partial charge < -0.3 is 15.8 Å². The van der Waals surface area contributed by atoms with Gasteiger partial charge in [0.25, 0.3) is 0 Å². The first-order valence-electron chi connectivity index (χ1n) is 8.31. The Bertz CT molecular complexity index is 357. The zero-order valence-corrected chi connectivity index (χ0v) is 13.7. The van der Waals surface area contributed by atoms with Gasteiger partial charge in [-0.15, -0.1) is 0 Å². The van der Waals surface area contributed by atoms with Gasteiger partial charge in [0.1, 0.15) is 0 Å². The maximum atomic E-state index is 12.1. The monoisotopic (exact) mass is 297 g/mol. The molecule has 21 heavy (non-hydrogen) atoms. The summed E-state index contributed by atoms with van der Waals surface area (Å²) in [6.45, 7) is 5.88. The Morgan fingerprint density at radius 2 is 2.10 bits per heavy atom. The molecule has 2 unspecified atom stereocenters. The van der Waals surface area contributed by atoms with Crippen LogP contribution in [-0.4, -0.2) is 54.7 Å². The molecule has 2 rings (SSSR count). The molecular formula is C16H31N3O2. The standard InChI is InChI=1S/C16H31N3O2/c1-12(2)18-16(15(17)20)8-4-5-14(11-16)19(9-10-21-3)13-6-7-13/h12-14,18H,4-11H2,1-3H3,(H2,17,20). The minimum absolute atomic E-state index is 0.191. The van der Waals surface area contributed by atoms with Crippen molar-refractivity contribution in [2.45, 2.75) is 76.0 Å². The van der Waals surface area contributed by atoms with Crippen molar-refractivity contribution >= 4 is 5.91 Å². The average Bonchev–Trinajstić information content (AvgIpc) is 3.23. The van der Waals surface area contributed by atoms with Crippen LogP contribution in [0.2, 0.25) is 0 Å². The maximum Gasteiger partial charge on any atom is 0.237 e. The molecule has 1 amide bonds. The normalized spacial score (nSPS) is 30.0. The second-order valence-corrected chi connectivity index (χ2v) is 6.96. The molecule has 0 aliphatic heterocycles. The SMILES string of the molecule is COCCN(C1CC1)C1CCCC(NC(C)C)(C(N)=O)C1. The molecule has 0 aromatic rings. The molecule has 0 radical (unpaired) electrons. The number of carbonyl (C=O) groups is 1. The summed E-state index contributed by atoms with van der Waals surface area (Å²) in [6, 6.07) is 1.40. The van der Waals surface area contributed by atoms with Gasteiger partial charge in [-0.05, 0) is 52.4 Å². The van der Waals surface area contributed by atoms with Crippen molar-refractivity contribution in [3.05, 3.63) is 0 Å². The van der Waals surface area contributed by atoms with Crippen molar-refractivity contribution in [3.63, 3.8) is 0 Å². The number of carbonyl (C=O) groups excluding carboxylic acids is 1. The Labute approximate surface area is 128 Å². The second kappa shape index (κ2) is 7.07. The number of nitrogens with one attached hydrogen (secondary N) is 1. The molecule has 3 N–H and O–H groups in total. The van der Waals surface area contributed by atoms with Crippen LogP contribution in [0.15, 0.2) is 0 Å². The molecule has 0 spiro atoms. The first-order valence-corrected chi connectivity index (χ1v) is 8.31. The molecule has 0 heterocycles. The van der Waals surface area contributed by atoms with E-state index in [1.54, 1.807) is 7.11 Å². The van der Waals surface area contributed by atoms with E-state index in [-0.39, 0.29) is 11.9 Å². The summed E-state index contributed by atoms with van der Waals surface area (Å²) >= 11 is 0. The first kappa shape index (κ1) is 16.7. The molecular weight excluding hydrogens is 266 g/mol. The van der Waals surface area contributed by atoms with E-state index in [0.717, 1.165) is 38.8 Å². The summed E-state index contributed by atoms with van der Waals surface area (Å²) < 4.78 is 5.26. The van der Waals surface area contributed by atoms with Gasteiger partial charge >= 0.3 is 0 Å². The fourth-order valence-electron chi connectivity index (χ4n) is 3.77. The van der Waals surface area contributed by atoms with E-state index in [1.165, 1.54) is 12.8 Å². The van der Waals surface area contributed by atoms with Gasteiger partial charge in [-0.3, -0.25) is 9.69 Å². The maximum absolute atomic E-state index is 12.1. The van der Waals surface area contributed by atoms with E-state index < -0.39 is 5.54 Å². The van der Waals surface area contributed by atoms with Crippen LogP contribution in [0.25, 0.3) is 0 Å². The highest BCUT2D eigenvalue weighted by atomic mass is 16.5. The predicted octanol–water partition coefficient (Wildman–Crippen LogP) is 1.26. The highest BCUT2D eigenvalue weighted by Gasteiger charge is 2.45. The summed E-state index contributed by atoms with van der Waals surface area (Å²) in [5, 5.41) is 3.46. The Morgan fingerprint density at radius 1 is 1.38 bits per heavy atom. The zero-order chi connectivity index (χ0) is 15.5. The molecule has 2 aliphatic carbocycles. The van der Waals surface area contributed by atoms with Crippen LogP contribution < -0.4 is 11.1 Å². The molecule has 5 nitrogen and oxygen atoms in total. The quantitative estimate of drug-likeness (QED) is 0.708. The number of methoxy groups -OCH3 is 1. The number of rotatable bonds is 8. The van der Waals surface area contributed by atoms with Crippen molar-refractivity contribution in [2.24, 2.45) is 5.73 Å². The molecule has 122 valence electrons. The summed E-state index contributed by atoms with van der Waals surface area (Å²) in [5.74, 6) is -0.191. The number of nitrogens with two attached hydrogens (primary N) is 1. The lowest BCUT2D eigenvalue weighted by Crippen LogP contribution is -2.62. The third-order valence-corrected chi connectivity index (χ3v) is 4.80. The van der Waals surface area contributed by atoms with Crippen molar-refractivity contribution in [1.29, 1.82) is 0 Å². The Hall–Kier alpha value is -0.650. The smallest absolute Gasteiger partial charge is 0.237 e.